The molecular formula is C13H17N3. The lowest BCUT2D eigenvalue weighted by Crippen LogP contribution is -2.07. The Morgan fingerprint density at radius 2 is 1.81 bits per heavy atom. The lowest BCUT2D eigenvalue weighted by atomic mass is 10.1. The van der Waals surface area contributed by atoms with Crippen molar-refractivity contribution in [3.63, 3.8) is 0 Å². The van der Waals surface area contributed by atoms with Crippen molar-refractivity contribution in [3.05, 3.63) is 47.3 Å². The molecule has 0 saturated heterocycles. The third kappa shape index (κ3) is 1.74. The van der Waals surface area contributed by atoms with E-state index in [4.69, 9.17) is 5.73 Å². The maximum absolute atomic E-state index is 5.95. The number of nitrogens with two attached hydrogens (primary N) is 1. The average Bonchev–Trinajstić information content (AvgIpc) is 2.55. The number of hydrogen-bond donors (Lipinski definition) is 1. The van der Waals surface area contributed by atoms with Crippen molar-refractivity contribution in [3.8, 4) is 5.69 Å². The van der Waals surface area contributed by atoms with Gasteiger partial charge in [-0.25, -0.2) is 4.68 Å². The second kappa shape index (κ2) is 4.10. The SMILES string of the molecule is Cc1nn(-c2ccccc2)c(C)c1[C@H](C)N. The molecule has 0 saturated carbocycles. The predicted molar refractivity (Wildman–Crippen MR) is 65.6 cm³/mol. The lowest BCUT2D eigenvalue weighted by Gasteiger charge is -2.07. The molecule has 2 rings (SSSR count). The van der Waals surface area contributed by atoms with Crippen LogP contribution < -0.4 is 5.73 Å². The third-order valence-electron chi connectivity index (χ3n) is 2.80. The number of aryl methyl sites for hydroxylation is 1. The second-order valence-electron chi connectivity index (χ2n) is 4.12. The fourth-order valence-electron chi connectivity index (χ4n) is 2.13. The van der Waals surface area contributed by atoms with E-state index >= 15 is 0 Å². The monoisotopic (exact) mass is 215 g/mol. The molecule has 3 nitrogen and oxygen atoms in total. The fourth-order valence-corrected chi connectivity index (χ4v) is 2.13. The van der Waals surface area contributed by atoms with E-state index in [-0.39, 0.29) is 6.04 Å². The summed E-state index contributed by atoms with van der Waals surface area (Å²) >= 11 is 0. The van der Waals surface area contributed by atoms with Crippen molar-refractivity contribution in [2.45, 2.75) is 26.8 Å². The fraction of sp³-hybridized carbons (Fsp3) is 0.308. The van der Waals surface area contributed by atoms with Crippen LogP contribution in [0.5, 0.6) is 0 Å². The van der Waals surface area contributed by atoms with Crippen LogP contribution in [0.2, 0.25) is 0 Å². The average molecular weight is 215 g/mol. The van der Waals surface area contributed by atoms with Crippen LogP contribution in [-0.4, -0.2) is 9.78 Å². The van der Waals surface area contributed by atoms with Crippen molar-refractivity contribution in [2.75, 3.05) is 0 Å². The first-order chi connectivity index (χ1) is 7.61. The van der Waals surface area contributed by atoms with Crippen molar-refractivity contribution >= 4 is 0 Å². The second-order valence-corrected chi connectivity index (χ2v) is 4.12. The van der Waals surface area contributed by atoms with Crippen LogP contribution in [0.25, 0.3) is 5.69 Å². The molecule has 3 heteroatoms. The smallest absolute Gasteiger partial charge is 0.0648 e. The van der Waals surface area contributed by atoms with Crippen LogP contribution in [0.15, 0.2) is 30.3 Å². The topological polar surface area (TPSA) is 43.8 Å². The molecule has 1 aromatic heterocycles. The Balaban J connectivity index is 2.56. The molecule has 0 spiro atoms. The zero-order valence-corrected chi connectivity index (χ0v) is 9.94. The third-order valence-corrected chi connectivity index (χ3v) is 2.80. The Labute approximate surface area is 95.9 Å². The summed E-state index contributed by atoms with van der Waals surface area (Å²) < 4.78 is 1.95. The van der Waals surface area contributed by atoms with Crippen LogP contribution in [0.1, 0.15) is 29.9 Å². The molecular weight excluding hydrogens is 198 g/mol. The van der Waals surface area contributed by atoms with Gasteiger partial charge in [0, 0.05) is 17.3 Å². The lowest BCUT2D eigenvalue weighted by molar-refractivity contribution is 0.795. The zero-order chi connectivity index (χ0) is 11.7. The van der Waals surface area contributed by atoms with Gasteiger partial charge < -0.3 is 5.73 Å². The van der Waals surface area contributed by atoms with Gasteiger partial charge in [-0.3, -0.25) is 0 Å². The number of rotatable bonds is 2. The first-order valence-electron chi connectivity index (χ1n) is 5.48. The van der Waals surface area contributed by atoms with Gasteiger partial charge in [0.25, 0.3) is 0 Å². The Hall–Kier alpha value is -1.61. The Bertz CT molecular complexity index is 483. The summed E-state index contributed by atoms with van der Waals surface area (Å²) in [4.78, 5) is 0. The maximum atomic E-state index is 5.95. The van der Waals surface area contributed by atoms with E-state index in [9.17, 15) is 0 Å². The molecule has 0 radical (unpaired) electrons. The van der Waals surface area contributed by atoms with Crippen molar-refractivity contribution in [1.82, 2.24) is 9.78 Å². The molecule has 1 heterocycles. The van der Waals surface area contributed by atoms with Gasteiger partial charge in [-0.15, -0.1) is 0 Å². The van der Waals surface area contributed by atoms with Crippen LogP contribution in [0, 0.1) is 13.8 Å². The van der Waals surface area contributed by atoms with Crippen LogP contribution >= 0.6 is 0 Å². The highest BCUT2D eigenvalue weighted by atomic mass is 15.3. The van der Waals surface area contributed by atoms with Crippen molar-refractivity contribution in [1.29, 1.82) is 0 Å². The van der Waals surface area contributed by atoms with Gasteiger partial charge in [-0.1, -0.05) is 18.2 Å². The van der Waals surface area contributed by atoms with E-state index in [0.29, 0.717) is 0 Å². The van der Waals surface area contributed by atoms with Gasteiger partial charge in [0.2, 0.25) is 0 Å². The highest BCUT2D eigenvalue weighted by molar-refractivity contribution is 5.37. The Morgan fingerprint density at radius 1 is 1.19 bits per heavy atom. The molecule has 0 aliphatic heterocycles. The minimum absolute atomic E-state index is 0.0254. The summed E-state index contributed by atoms with van der Waals surface area (Å²) in [5.41, 5.74) is 10.3. The molecule has 1 atom stereocenters. The molecule has 0 aliphatic carbocycles. The molecule has 0 amide bonds. The van der Waals surface area contributed by atoms with Gasteiger partial charge in [0.15, 0.2) is 0 Å². The quantitative estimate of drug-likeness (QED) is 0.836. The summed E-state index contributed by atoms with van der Waals surface area (Å²) in [5.74, 6) is 0. The van der Waals surface area contributed by atoms with E-state index in [0.717, 1.165) is 22.6 Å². The number of para-hydroxylation sites is 1. The van der Waals surface area contributed by atoms with E-state index in [1.165, 1.54) is 0 Å². The number of benzene rings is 1. The molecule has 84 valence electrons. The minimum atomic E-state index is 0.0254. The van der Waals surface area contributed by atoms with Gasteiger partial charge in [-0.2, -0.15) is 5.10 Å². The van der Waals surface area contributed by atoms with Crippen LogP contribution in [-0.2, 0) is 0 Å². The van der Waals surface area contributed by atoms with Crippen LogP contribution in [0.3, 0.4) is 0 Å². The number of hydrogen-bond acceptors (Lipinski definition) is 2. The first kappa shape index (κ1) is 10.9. The van der Waals surface area contributed by atoms with E-state index < -0.39 is 0 Å². The molecule has 0 bridgehead atoms. The largest absolute Gasteiger partial charge is 0.324 e. The van der Waals surface area contributed by atoms with Gasteiger partial charge in [0.05, 0.1) is 11.4 Å². The minimum Gasteiger partial charge on any atom is -0.324 e. The molecule has 2 aromatic rings. The number of aromatic nitrogens is 2. The Kier molecular flexibility index (Phi) is 2.79. The highest BCUT2D eigenvalue weighted by Crippen LogP contribution is 2.22. The van der Waals surface area contributed by atoms with Gasteiger partial charge in [0.1, 0.15) is 0 Å². The van der Waals surface area contributed by atoms with Gasteiger partial charge in [-0.05, 0) is 32.9 Å². The summed E-state index contributed by atoms with van der Waals surface area (Å²) in [6, 6.07) is 10.1. The van der Waals surface area contributed by atoms with Crippen molar-refractivity contribution in [2.24, 2.45) is 5.73 Å². The van der Waals surface area contributed by atoms with Gasteiger partial charge >= 0.3 is 0 Å². The van der Waals surface area contributed by atoms with Crippen LogP contribution in [0.4, 0.5) is 0 Å². The molecule has 16 heavy (non-hydrogen) atoms. The summed E-state index contributed by atoms with van der Waals surface area (Å²) in [5, 5.41) is 4.54. The normalized spacial score (nSPS) is 12.8. The first-order valence-corrected chi connectivity index (χ1v) is 5.48. The molecule has 0 unspecified atom stereocenters. The van der Waals surface area contributed by atoms with E-state index in [1.54, 1.807) is 0 Å². The van der Waals surface area contributed by atoms with E-state index in [2.05, 4.69) is 12.0 Å². The molecule has 1 aromatic carbocycles. The summed E-state index contributed by atoms with van der Waals surface area (Å²) in [6.07, 6.45) is 0. The van der Waals surface area contributed by atoms with Crippen molar-refractivity contribution < 1.29 is 0 Å². The summed E-state index contributed by atoms with van der Waals surface area (Å²) in [7, 11) is 0. The maximum Gasteiger partial charge on any atom is 0.0648 e. The highest BCUT2D eigenvalue weighted by Gasteiger charge is 2.15. The zero-order valence-electron chi connectivity index (χ0n) is 9.94. The number of nitrogens with zero attached hydrogens (tertiary/aromatic N) is 2. The predicted octanol–water partition coefficient (Wildman–Crippen LogP) is 2.51. The summed E-state index contributed by atoms with van der Waals surface area (Å²) in [6.45, 7) is 6.06. The standard InChI is InChI=1S/C13H17N3/c1-9(14)13-10(2)15-16(11(13)3)12-7-5-4-6-8-12/h4-9H,14H2,1-3H3/t9-/m0/s1. The van der Waals surface area contributed by atoms with E-state index in [1.807, 2.05) is 48.9 Å². The molecule has 0 aliphatic rings. The Morgan fingerprint density at radius 3 is 2.31 bits per heavy atom. The molecule has 2 N–H and O–H groups in total. The molecule has 0 fully saturated rings.